The number of amides is 1. The van der Waals surface area contributed by atoms with Crippen molar-refractivity contribution in [1.82, 2.24) is 10.6 Å². The molecule has 0 saturated carbocycles. The van der Waals surface area contributed by atoms with Crippen molar-refractivity contribution >= 4 is 5.91 Å². The Hall–Kier alpha value is -0.610. The first-order valence-electron chi connectivity index (χ1n) is 6.80. The minimum atomic E-state index is -0.0270. The number of ether oxygens (including phenoxy) is 1. The quantitative estimate of drug-likeness (QED) is 0.707. The Morgan fingerprint density at radius 1 is 1.35 bits per heavy atom. The Morgan fingerprint density at radius 2 is 2.12 bits per heavy atom. The number of carbonyl (C=O) groups is 1. The maximum Gasteiger partial charge on any atom is 0.227 e. The summed E-state index contributed by atoms with van der Waals surface area (Å²) in [5, 5.41) is 6.45. The van der Waals surface area contributed by atoms with Gasteiger partial charge in [0.1, 0.15) is 0 Å². The first-order valence-corrected chi connectivity index (χ1v) is 6.80. The molecule has 17 heavy (non-hydrogen) atoms. The Balaban J connectivity index is 2.38. The van der Waals surface area contributed by atoms with E-state index in [1.807, 2.05) is 0 Å². The molecule has 3 unspecified atom stereocenters. The second kappa shape index (κ2) is 7.67. The van der Waals surface area contributed by atoms with E-state index >= 15 is 0 Å². The molecule has 0 spiro atoms. The molecular formula is C13H26N2O2. The van der Waals surface area contributed by atoms with Crippen LogP contribution in [0.1, 0.15) is 40.0 Å². The normalized spacial score (nSPS) is 25.8. The van der Waals surface area contributed by atoms with Crippen LogP contribution in [0.2, 0.25) is 0 Å². The number of carbonyl (C=O) groups excluding carboxylic acids is 1. The molecule has 100 valence electrons. The van der Waals surface area contributed by atoms with E-state index in [9.17, 15) is 4.79 Å². The van der Waals surface area contributed by atoms with Gasteiger partial charge in [0, 0.05) is 12.1 Å². The molecule has 0 radical (unpaired) electrons. The van der Waals surface area contributed by atoms with E-state index in [-0.39, 0.29) is 23.9 Å². The molecule has 1 heterocycles. The van der Waals surface area contributed by atoms with Crippen molar-refractivity contribution < 1.29 is 9.53 Å². The van der Waals surface area contributed by atoms with Gasteiger partial charge in [0.05, 0.1) is 19.1 Å². The van der Waals surface area contributed by atoms with Crippen molar-refractivity contribution in [3.05, 3.63) is 0 Å². The average molecular weight is 242 g/mol. The van der Waals surface area contributed by atoms with Gasteiger partial charge in [0.25, 0.3) is 0 Å². The van der Waals surface area contributed by atoms with Crippen molar-refractivity contribution in [2.24, 2.45) is 5.92 Å². The zero-order valence-electron chi connectivity index (χ0n) is 11.3. The van der Waals surface area contributed by atoms with E-state index in [0.717, 1.165) is 25.8 Å². The largest absolute Gasteiger partial charge is 0.379 e. The Bertz CT molecular complexity index is 233. The highest BCUT2D eigenvalue weighted by Gasteiger charge is 2.33. The first kappa shape index (κ1) is 14.5. The Morgan fingerprint density at radius 3 is 2.76 bits per heavy atom. The maximum absolute atomic E-state index is 12.1. The average Bonchev–Trinajstić information content (AvgIpc) is 2.74. The van der Waals surface area contributed by atoms with E-state index in [1.54, 1.807) is 0 Å². The zero-order valence-corrected chi connectivity index (χ0v) is 11.3. The summed E-state index contributed by atoms with van der Waals surface area (Å²) >= 11 is 0. The summed E-state index contributed by atoms with van der Waals surface area (Å²) in [7, 11) is 0. The third kappa shape index (κ3) is 4.64. The second-order valence-corrected chi connectivity index (χ2v) is 4.90. The van der Waals surface area contributed by atoms with Crippen molar-refractivity contribution in [2.45, 2.75) is 52.1 Å². The van der Waals surface area contributed by atoms with E-state index in [4.69, 9.17) is 4.74 Å². The third-order valence-corrected chi connectivity index (χ3v) is 3.18. The van der Waals surface area contributed by atoms with Crippen LogP contribution in [0.25, 0.3) is 0 Å². The van der Waals surface area contributed by atoms with Gasteiger partial charge < -0.3 is 15.4 Å². The molecule has 0 aliphatic carbocycles. The molecule has 0 bridgehead atoms. The summed E-state index contributed by atoms with van der Waals surface area (Å²) in [6.07, 6.45) is 3.21. The van der Waals surface area contributed by atoms with Gasteiger partial charge in [-0.1, -0.05) is 20.3 Å². The molecule has 1 aliphatic heterocycles. The molecule has 1 amide bonds. The summed E-state index contributed by atoms with van der Waals surface area (Å²) in [6.45, 7) is 8.47. The van der Waals surface area contributed by atoms with Crippen molar-refractivity contribution in [2.75, 3.05) is 19.8 Å². The van der Waals surface area contributed by atoms with Crippen molar-refractivity contribution in [3.63, 3.8) is 0 Å². The predicted octanol–water partition coefficient (Wildman–Crippen LogP) is 1.31. The van der Waals surface area contributed by atoms with Gasteiger partial charge in [-0.3, -0.25) is 4.79 Å². The van der Waals surface area contributed by atoms with E-state index in [1.165, 1.54) is 0 Å². The van der Waals surface area contributed by atoms with Crippen LogP contribution in [-0.4, -0.2) is 37.7 Å². The van der Waals surface area contributed by atoms with E-state index in [2.05, 4.69) is 31.4 Å². The fourth-order valence-electron chi connectivity index (χ4n) is 2.20. The fourth-order valence-corrected chi connectivity index (χ4v) is 2.20. The van der Waals surface area contributed by atoms with Gasteiger partial charge in [-0.25, -0.2) is 0 Å². The minimum absolute atomic E-state index is 0.0270. The second-order valence-electron chi connectivity index (χ2n) is 4.90. The molecule has 0 aromatic heterocycles. The highest BCUT2D eigenvalue weighted by atomic mass is 16.5. The van der Waals surface area contributed by atoms with Crippen LogP contribution in [0.15, 0.2) is 0 Å². The number of rotatable bonds is 7. The van der Waals surface area contributed by atoms with Crippen LogP contribution in [0.3, 0.4) is 0 Å². The van der Waals surface area contributed by atoms with Crippen LogP contribution in [0, 0.1) is 5.92 Å². The van der Waals surface area contributed by atoms with Crippen LogP contribution in [0.4, 0.5) is 0 Å². The fraction of sp³-hybridized carbons (Fsp3) is 0.923. The lowest BCUT2D eigenvalue weighted by Crippen LogP contribution is -2.46. The molecule has 0 aromatic rings. The number of nitrogens with one attached hydrogen (secondary N) is 2. The highest BCUT2D eigenvalue weighted by Crippen LogP contribution is 2.14. The predicted molar refractivity (Wildman–Crippen MR) is 68.9 cm³/mol. The third-order valence-electron chi connectivity index (χ3n) is 3.18. The molecule has 1 fully saturated rings. The minimum Gasteiger partial charge on any atom is -0.379 e. The van der Waals surface area contributed by atoms with Crippen LogP contribution >= 0.6 is 0 Å². The van der Waals surface area contributed by atoms with Gasteiger partial charge >= 0.3 is 0 Å². The van der Waals surface area contributed by atoms with Crippen LogP contribution in [-0.2, 0) is 9.53 Å². The Labute approximate surface area is 104 Å². The van der Waals surface area contributed by atoms with Crippen LogP contribution in [0.5, 0.6) is 0 Å². The standard InChI is InChI=1S/C13H26N2O2/c1-4-6-10(3)15-13(16)11-8-17-9-12(11)14-7-5-2/h10-12,14H,4-9H2,1-3H3,(H,15,16). The lowest BCUT2D eigenvalue weighted by molar-refractivity contribution is -0.126. The SMILES string of the molecule is CCCNC1COCC1C(=O)NC(C)CCC. The molecule has 1 rings (SSSR count). The summed E-state index contributed by atoms with van der Waals surface area (Å²) in [5.74, 6) is 0.109. The topological polar surface area (TPSA) is 50.4 Å². The van der Waals surface area contributed by atoms with E-state index in [0.29, 0.717) is 13.2 Å². The van der Waals surface area contributed by atoms with Crippen molar-refractivity contribution in [1.29, 1.82) is 0 Å². The smallest absolute Gasteiger partial charge is 0.227 e. The van der Waals surface area contributed by atoms with E-state index < -0.39 is 0 Å². The Kier molecular flexibility index (Phi) is 6.52. The molecule has 0 aromatic carbocycles. The zero-order chi connectivity index (χ0) is 12.7. The number of hydrogen-bond acceptors (Lipinski definition) is 3. The maximum atomic E-state index is 12.1. The monoisotopic (exact) mass is 242 g/mol. The molecule has 4 heteroatoms. The molecule has 3 atom stereocenters. The molecule has 4 nitrogen and oxygen atoms in total. The van der Waals surface area contributed by atoms with Gasteiger partial charge in [0.15, 0.2) is 0 Å². The molecule has 1 aliphatic rings. The highest BCUT2D eigenvalue weighted by molar-refractivity contribution is 5.80. The first-order chi connectivity index (χ1) is 8.19. The van der Waals surface area contributed by atoms with Gasteiger partial charge in [0.2, 0.25) is 5.91 Å². The molecule has 2 N–H and O–H groups in total. The lowest BCUT2D eigenvalue weighted by atomic mass is 10.0. The summed E-state index contributed by atoms with van der Waals surface area (Å²) < 4.78 is 5.41. The molecular weight excluding hydrogens is 216 g/mol. The summed E-state index contributed by atoms with van der Waals surface area (Å²) in [4.78, 5) is 12.1. The van der Waals surface area contributed by atoms with Gasteiger partial charge in [-0.15, -0.1) is 0 Å². The molecule has 1 saturated heterocycles. The lowest BCUT2D eigenvalue weighted by Gasteiger charge is -2.21. The van der Waals surface area contributed by atoms with Crippen LogP contribution < -0.4 is 10.6 Å². The summed E-state index contributed by atoms with van der Waals surface area (Å²) in [6, 6.07) is 0.448. The number of hydrogen-bond donors (Lipinski definition) is 2. The van der Waals surface area contributed by atoms with Gasteiger partial charge in [-0.05, 0) is 26.3 Å². The summed E-state index contributed by atoms with van der Waals surface area (Å²) in [5.41, 5.74) is 0. The van der Waals surface area contributed by atoms with Gasteiger partial charge in [-0.2, -0.15) is 0 Å². The van der Waals surface area contributed by atoms with Crippen molar-refractivity contribution in [3.8, 4) is 0 Å².